The SMILES string of the molecule is O=C(Nc1ccc(C(F)(F)F)nc1)c1cnc2nccnc2c1. The Labute approximate surface area is 127 Å². The molecule has 0 fully saturated rings. The molecule has 0 aromatic carbocycles. The Morgan fingerprint density at radius 2 is 1.78 bits per heavy atom. The Kier molecular flexibility index (Phi) is 3.61. The van der Waals surface area contributed by atoms with Crippen LogP contribution in [0.15, 0.2) is 43.0 Å². The Balaban J connectivity index is 1.80. The van der Waals surface area contributed by atoms with Crippen LogP contribution in [0.5, 0.6) is 0 Å². The monoisotopic (exact) mass is 319 g/mol. The number of carbonyl (C=O) groups excluding carboxylic acids is 1. The lowest BCUT2D eigenvalue weighted by molar-refractivity contribution is -0.141. The van der Waals surface area contributed by atoms with Crippen LogP contribution in [-0.2, 0) is 6.18 Å². The van der Waals surface area contributed by atoms with Crippen LogP contribution in [0, 0.1) is 0 Å². The van der Waals surface area contributed by atoms with Gasteiger partial charge in [-0.25, -0.2) is 15.0 Å². The van der Waals surface area contributed by atoms with Gasteiger partial charge in [-0.1, -0.05) is 0 Å². The zero-order valence-corrected chi connectivity index (χ0v) is 11.4. The van der Waals surface area contributed by atoms with Crippen molar-refractivity contribution in [1.29, 1.82) is 0 Å². The molecule has 23 heavy (non-hydrogen) atoms. The van der Waals surface area contributed by atoms with Gasteiger partial charge in [0.1, 0.15) is 11.2 Å². The van der Waals surface area contributed by atoms with Crippen molar-refractivity contribution in [2.24, 2.45) is 0 Å². The van der Waals surface area contributed by atoms with Gasteiger partial charge in [0.05, 0.1) is 17.4 Å². The van der Waals surface area contributed by atoms with Crippen molar-refractivity contribution in [3.05, 3.63) is 54.2 Å². The predicted octanol–water partition coefficient (Wildman–Crippen LogP) is 2.69. The third-order valence-electron chi connectivity index (χ3n) is 2.90. The number of hydrogen-bond donors (Lipinski definition) is 1. The summed E-state index contributed by atoms with van der Waals surface area (Å²) in [6.45, 7) is 0. The summed E-state index contributed by atoms with van der Waals surface area (Å²) in [5.74, 6) is -0.536. The van der Waals surface area contributed by atoms with Crippen LogP contribution in [0.4, 0.5) is 18.9 Å². The van der Waals surface area contributed by atoms with Crippen molar-refractivity contribution < 1.29 is 18.0 Å². The fraction of sp³-hybridized carbons (Fsp3) is 0.0714. The first-order valence-corrected chi connectivity index (χ1v) is 6.35. The number of aromatic nitrogens is 4. The maximum absolute atomic E-state index is 12.4. The van der Waals surface area contributed by atoms with Crippen LogP contribution in [-0.4, -0.2) is 25.8 Å². The maximum atomic E-state index is 12.4. The molecule has 0 atom stereocenters. The maximum Gasteiger partial charge on any atom is 0.433 e. The number of amides is 1. The van der Waals surface area contributed by atoms with E-state index in [0.29, 0.717) is 11.2 Å². The molecule has 0 bridgehead atoms. The summed E-state index contributed by atoms with van der Waals surface area (Å²) in [6, 6.07) is 3.41. The van der Waals surface area contributed by atoms with E-state index in [4.69, 9.17) is 0 Å². The number of nitrogens with zero attached hydrogens (tertiary/aromatic N) is 4. The van der Waals surface area contributed by atoms with Crippen LogP contribution in [0.25, 0.3) is 11.2 Å². The Bertz CT molecular complexity index is 864. The van der Waals surface area contributed by atoms with E-state index in [1.54, 1.807) is 0 Å². The highest BCUT2D eigenvalue weighted by atomic mass is 19.4. The molecule has 1 amide bonds. The second-order valence-electron chi connectivity index (χ2n) is 4.51. The van der Waals surface area contributed by atoms with Crippen molar-refractivity contribution in [2.75, 3.05) is 5.32 Å². The number of nitrogens with one attached hydrogen (secondary N) is 1. The Morgan fingerprint density at radius 1 is 1.00 bits per heavy atom. The van der Waals surface area contributed by atoms with Crippen molar-refractivity contribution in [3.63, 3.8) is 0 Å². The zero-order valence-electron chi connectivity index (χ0n) is 11.4. The average molecular weight is 319 g/mol. The zero-order chi connectivity index (χ0) is 16.4. The minimum Gasteiger partial charge on any atom is -0.321 e. The van der Waals surface area contributed by atoms with Crippen molar-refractivity contribution >= 4 is 22.8 Å². The lowest BCUT2D eigenvalue weighted by atomic mass is 10.2. The molecule has 0 aliphatic heterocycles. The minimum atomic E-state index is -4.52. The second-order valence-corrected chi connectivity index (χ2v) is 4.51. The highest BCUT2D eigenvalue weighted by molar-refractivity contribution is 6.05. The molecule has 1 N–H and O–H groups in total. The molecule has 0 aliphatic carbocycles. The van der Waals surface area contributed by atoms with Crippen LogP contribution < -0.4 is 5.32 Å². The molecule has 9 heteroatoms. The van der Waals surface area contributed by atoms with Crippen LogP contribution in [0.3, 0.4) is 0 Å². The fourth-order valence-electron chi connectivity index (χ4n) is 1.82. The Hall–Kier alpha value is -3.10. The van der Waals surface area contributed by atoms with E-state index in [1.807, 2.05) is 0 Å². The second kappa shape index (κ2) is 5.59. The molecule has 0 unspecified atom stereocenters. The topological polar surface area (TPSA) is 80.7 Å². The standard InChI is InChI=1S/C14H8F3N5O/c15-14(16,17)11-2-1-9(7-20-11)22-13(23)8-5-10-12(21-6-8)19-4-3-18-10/h1-7H,(H,22,23). The van der Waals surface area contributed by atoms with Crippen molar-refractivity contribution in [2.45, 2.75) is 6.18 Å². The van der Waals surface area contributed by atoms with E-state index in [2.05, 4.69) is 25.3 Å². The first-order chi connectivity index (χ1) is 10.9. The van der Waals surface area contributed by atoms with Crippen LogP contribution in [0.2, 0.25) is 0 Å². The summed E-state index contributed by atoms with van der Waals surface area (Å²) >= 11 is 0. The lowest BCUT2D eigenvalue weighted by Gasteiger charge is -2.08. The third kappa shape index (κ3) is 3.23. The highest BCUT2D eigenvalue weighted by Crippen LogP contribution is 2.27. The Morgan fingerprint density at radius 3 is 2.48 bits per heavy atom. The minimum absolute atomic E-state index is 0.141. The number of pyridine rings is 2. The van der Waals surface area contributed by atoms with Gasteiger partial charge < -0.3 is 5.32 Å². The van der Waals surface area contributed by atoms with Gasteiger partial charge in [-0.05, 0) is 18.2 Å². The van der Waals surface area contributed by atoms with Gasteiger partial charge in [-0.3, -0.25) is 9.78 Å². The quantitative estimate of drug-likeness (QED) is 0.785. The molecule has 116 valence electrons. The first kappa shape index (κ1) is 14.8. The van der Waals surface area contributed by atoms with Gasteiger partial charge in [-0.15, -0.1) is 0 Å². The number of anilines is 1. The van der Waals surface area contributed by atoms with Crippen molar-refractivity contribution in [3.8, 4) is 0 Å². The summed E-state index contributed by atoms with van der Waals surface area (Å²) in [6.07, 6.45) is 0.663. The van der Waals surface area contributed by atoms with E-state index in [1.165, 1.54) is 24.7 Å². The molecule has 3 aromatic rings. The summed E-state index contributed by atoms with van der Waals surface area (Å²) < 4.78 is 37.3. The molecule has 3 heterocycles. The van der Waals surface area contributed by atoms with Crippen LogP contribution in [0.1, 0.15) is 16.1 Å². The van der Waals surface area contributed by atoms with Gasteiger partial charge in [0, 0.05) is 18.6 Å². The van der Waals surface area contributed by atoms with Gasteiger partial charge in [0.25, 0.3) is 5.91 Å². The molecule has 3 rings (SSSR count). The van der Waals surface area contributed by atoms with Gasteiger partial charge in [0.15, 0.2) is 5.65 Å². The third-order valence-corrected chi connectivity index (χ3v) is 2.90. The van der Waals surface area contributed by atoms with Gasteiger partial charge in [-0.2, -0.15) is 13.2 Å². The molecular formula is C14H8F3N5O. The number of alkyl halides is 3. The molecule has 3 aromatic heterocycles. The van der Waals surface area contributed by atoms with Crippen LogP contribution >= 0.6 is 0 Å². The summed E-state index contributed by atoms with van der Waals surface area (Å²) in [5.41, 5.74) is 0.143. The number of fused-ring (bicyclic) bond motifs is 1. The summed E-state index contributed by atoms with van der Waals surface area (Å²) in [4.78, 5) is 27.4. The summed E-state index contributed by atoms with van der Waals surface area (Å²) in [7, 11) is 0. The summed E-state index contributed by atoms with van der Waals surface area (Å²) in [5, 5.41) is 2.44. The van der Waals surface area contributed by atoms with Crippen molar-refractivity contribution in [1.82, 2.24) is 19.9 Å². The molecule has 0 saturated carbocycles. The molecule has 0 radical (unpaired) electrons. The smallest absolute Gasteiger partial charge is 0.321 e. The van der Waals surface area contributed by atoms with E-state index < -0.39 is 17.8 Å². The van der Waals surface area contributed by atoms with Gasteiger partial charge >= 0.3 is 6.18 Å². The number of rotatable bonds is 2. The van der Waals surface area contributed by atoms with Gasteiger partial charge in [0.2, 0.25) is 0 Å². The normalized spacial score (nSPS) is 11.4. The largest absolute Gasteiger partial charge is 0.433 e. The lowest BCUT2D eigenvalue weighted by Crippen LogP contribution is -2.14. The number of carbonyl (C=O) groups is 1. The molecule has 0 saturated heterocycles. The molecule has 0 aliphatic rings. The van der Waals surface area contributed by atoms with E-state index in [-0.39, 0.29) is 11.3 Å². The molecular weight excluding hydrogens is 311 g/mol. The first-order valence-electron chi connectivity index (χ1n) is 6.35. The highest BCUT2D eigenvalue weighted by Gasteiger charge is 2.32. The predicted molar refractivity (Wildman–Crippen MR) is 74.5 cm³/mol. The molecule has 0 spiro atoms. The fourth-order valence-corrected chi connectivity index (χ4v) is 1.82. The van der Waals surface area contributed by atoms with E-state index in [0.717, 1.165) is 18.3 Å². The van der Waals surface area contributed by atoms with E-state index in [9.17, 15) is 18.0 Å². The van der Waals surface area contributed by atoms with E-state index >= 15 is 0 Å². The number of hydrogen-bond acceptors (Lipinski definition) is 5. The number of halogens is 3. The molecule has 6 nitrogen and oxygen atoms in total. The average Bonchev–Trinajstić information content (AvgIpc) is 2.54.